The molecule has 1 fully saturated rings. The van der Waals surface area contributed by atoms with Gasteiger partial charge in [-0.05, 0) is 42.8 Å². The van der Waals surface area contributed by atoms with E-state index in [2.05, 4.69) is 0 Å². The fourth-order valence-electron chi connectivity index (χ4n) is 2.90. The molecule has 0 radical (unpaired) electrons. The zero-order valence-corrected chi connectivity index (χ0v) is 15.0. The Bertz CT molecular complexity index is 938. The second-order valence-electron chi connectivity index (χ2n) is 6.17. The number of halogens is 1. The lowest BCUT2D eigenvalue weighted by Gasteiger charge is -2.34. The van der Waals surface area contributed by atoms with Crippen molar-refractivity contribution in [2.24, 2.45) is 0 Å². The highest BCUT2D eigenvalue weighted by Gasteiger charge is 2.31. The summed E-state index contributed by atoms with van der Waals surface area (Å²) >= 11 is 0. The average Bonchev–Trinajstić information content (AvgIpc) is 2.61. The van der Waals surface area contributed by atoms with Gasteiger partial charge in [0.25, 0.3) is 5.91 Å². The second kappa shape index (κ2) is 7.05. The monoisotopic (exact) mass is 378 g/mol. The molecule has 138 valence electrons. The summed E-state index contributed by atoms with van der Waals surface area (Å²) < 4.78 is 39.8. The first kappa shape index (κ1) is 18.3. The van der Waals surface area contributed by atoms with Crippen molar-refractivity contribution in [2.75, 3.05) is 26.2 Å². The number of sulfonamides is 1. The van der Waals surface area contributed by atoms with Crippen molar-refractivity contribution in [3.05, 3.63) is 59.4 Å². The van der Waals surface area contributed by atoms with Gasteiger partial charge in [-0.25, -0.2) is 12.8 Å². The van der Waals surface area contributed by atoms with Crippen molar-refractivity contribution in [3.8, 4) is 5.75 Å². The minimum atomic E-state index is -3.81. The van der Waals surface area contributed by atoms with E-state index in [0.29, 0.717) is 0 Å². The molecule has 0 bridgehead atoms. The summed E-state index contributed by atoms with van der Waals surface area (Å²) in [5.74, 6) is -1.05. The molecule has 1 aliphatic rings. The van der Waals surface area contributed by atoms with E-state index < -0.39 is 15.8 Å². The molecule has 1 saturated heterocycles. The van der Waals surface area contributed by atoms with E-state index in [1.807, 2.05) is 6.92 Å². The van der Waals surface area contributed by atoms with E-state index in [4.69, 9.17) is 0 Å². The Labute approximate surface area is 151 Å². The Morgan fingerprint density at radius 1 is 1.08 bits per heavy atom. The predicted molar refractivity (Wildman–Crippen MR) is 93.9 cm³/mol. The number of phenols is 1. The topological polar surface area (TPSA) is 77.9 Å². The summed E-state index contributed by atoms with van der Waals surface area (Å²) in [7, 11) is -3.81. The molecular formula is C18H19FN2O4S. The van der Waals surface area contributed by atoms with E-state index in [9.17, 15) is 22.7 Å². The maximum atomic E-state index is 13.3. The summed E-state index contributed by atoms with van der Waals surface area (Å²) in [6.45, 7) is 2.42. The van der Waals surface area contributed by atoms with E-state index >= 15 is 0 Å². The number of rotatable bonds is 3. The van der Waals surface area contributed by atoms with E-state index in [1.54, 1.807) is 12.1 Å². The van der Waals surface area contributed by atoms with Gasteiger partial charge in [0.1, 0.15) is 11.6 Å². The van der Waals surface area contributed by atoms with Gasteiger partial charge < -0.3 is 10.0 Å². The van der Waals surface area contributed by atoms with Gasteiger partial charge in [0.05, 0.1) is 10.5 Å². The van der Waals surface area contributed by atoms with Crippen molar-refractivity contribution in [1.82, 2.24) is 9.21 Å². The first-order chi connectivity index (χ1) is 12.3. The lowest BCUT2D eigenvalue weighted by molar-refractivity contribution is 0.0695. The number of aryl methyl sites for hydroxylation is 1. The number of piperazine rings is 1. The molecule has 2 aromatic carbocycles. The van der Waals surface area contributed by atoms with Gasteiger partial charge in [-0.2, -0.15) is 4.31 Å². The van der Waals surface area contributed by atoms with Gasteiger partial charge in [0, 0.05) is 26.2 Å². The van der Waals surface area contributed by atoms with Crippen molar-refractivity contribution in [3.63, 3.8) is 0 Å². The highest BCUT2D eigenvalue weighted by molar-refractivity contribution is 7.89. The molecule has 0 aliphatic carbocycles. The van der Waals surface area contributed by atoms with Gasteiger partial charge in [-0.15, -0.1) is 0 Å². The zero-order chi connectivity index (χ0) is 18.9. The number of aromatic hydroxyl groups is 1. The molecular weight excluding hydrogens is 359 g/mol. The largest absolute Gasteiger partial charge is 0.507 e. The third-order valence-electron chi connectivity index (χ3n) is 4.34. The molecule has 8 heteroatoms. The van der Waals surface area contributed by atoms with Gasteiger partial charge in [0.15, 0.2) is 0 Å². The lowest BCUT2D eigenvalue weighted by atomic mass is 10.1. The summed E-state index contributed by atoms with van der Waals surface area (Å²) in [6.07, 6.45) is 0. The Balaban J connectivity index is 1.72. The van der Waals surface area contributed by atoms with Gasteiger partial charge >= 0.3 is 0 Å². The van der Waals surface area contributed by atoms with Crippen LogP contribution < -0.4 is 0 Å². The van der Waals surface area contributed by atoms with Crippen LogP contribution in [0.2, 0.25) is 0 Å². The van der Waals surface area contributed by atoms with Crippen LogP contribution in [0.3, 0.4) is 0 Å². The number of carbonyl (C=O) groups is 1. The van der Waals surface area contributed by atoms with Gasteiger partial charge in [0.2, 0.25) is 10.0 Å². The number of amides is 1. The van der Waals surface area contributed by atoms with Crippen LogP contribution in [0.4, 0.5) is 4.39 Å². The van der Waals surface area contributed by atoms with Crippen LogP contribution in [-0.2, 0) is 10.0 Å². The highest BCUT2D eigenvalue weighted by atomic mass is 32.2. The standard InChI is InChI=1S/C18H19FN2O4S/c1-13-5-6-16(17(22)11-13)18(23)20-7-9-21(10-8-20)26(24,25)15-4-2-3-14(19)12-15/h2-6,11-12,22H,7-10H2,1H3. The maximum Gasteiger partial charge on any atom is 0.257 e. The molecule has 1 heterocycles. The normalized spacial score (nSPS) is 15.8. The number of hydrogen-bond acceptors (Lipinski definition) is 4. The van der Waals surface area contributed by atoms with E-state index in [0.717, 1.165) is 11.6 Å². The minimum Gasteiger partial charge on any atom is -0.507 e. The predicted octanol–water partition coefficient (Wildman–Crippen LogP) is 1.99. The van der Waals surface area contributed by atoms with E-state index in [1.165, 1.54) is 33.5 Å². The fourth-order valence-corrected chi connectivity index (χ4v) is 4.36. The minimum absolute atomic E-state index is 0.0928. The molecule has 1 N–H and O–H groups in total. The van der Waals surface area contributed by atoms with Crippen LogP contribution in [0, 0.1) is 12.7 Å². The highest BCUT2D eigenvalue weighted by Crippen LogP contribution is 2.23. The van der Waals surface area contributed by atoms with Crippen molar-refractivity contribution in [2.45, 2.75) is 11.8 Å². The van der Waals surface area contributed by atoms with Crippen molar-refractivity contribution < 1.29 is 22.7 Å². The SMILES string of the molecule is Cc1ccc(C(=O)N2CCN(S(=O)(=O)c3cccc(F)c3)CC2)c(O)c1. The number of benzene rings is 2. The first-order valence-corrected chi connectivity index (χ1v) is 9.57. The summed E-state index contributed by atoms with van der Waals surface area (Å²) in [5.41, 5.74) is 1.03. The molecule has 3 rings (SSSR count). The molecule has 26 heavy (non-hydrogen) atoms. The lowest BCUT2D eigenvalue weighted by Crippen LogP contribution is -2.50. The third kappa shape index (κ3) is 3.56. The Kier molecular flexibility index (Phi) is 4.97. The average molecular weight is 378 g/mol. The fraction of sp³-hybridized carbons (Fsp3) is 0.278. The van der Waals surface area contributed by atoms with E-state index in [-0.39, 0.29) is 48.3 Å². The molecule has 0 unspecified atom stereocenters. The van der Waals surface area contributed by atoms with Crippen molar-refractivity contribution >= 4 is 15.9 Å². The number of phenolic OH excluding ortho intramolecular Hbond substituents is 1. The van der Waals surface area contributed by atoms with Crippen LogP contribution in [0.5, 0.6) is 5.75 Å². The van der Waals surface area contributed by atoms with Gasteiger partial charge in [-0.1, -0.05) is 12.1 Å². The van der Waals surface area contributed by atoms with Crippen LogP contribution in [0.15, 0.2) is 47.4 Å². The summed E-state index contributed by atoms with van der Waals surface area (Å²) in [4.78, 5) is 13.9. The molecule has 0 saturated carbocycles. The molecule has 0 atom stereocenters. The molecule has 2 aromatic rings. The Hall–Kier alpha value is -2.45. The third-order valence-corrected chi connectivity index (χ3v) is 6.24. The molecule has 1 aliphatic heterocycles. The summed E-state index contributed by atoms with van der Waals surface area (Å²) in [5, 5.41) is 9.96. The Morgan fingerprint density at radius 2 is 1.77 bits per heavy atom. The molecule has 1 amide bonds. The zero-order valence-electron chi connectivity index (χ0n) is 14.2. The Morgan fingerprint density at radius 3 is 2.38 bits per heavy atom. The molecule has 0 spiro atoms. The summed E-state index contributed by atoms with van der Waals surface area (Å²) in [6, 6.07) is 9.67. The quantitative estimate of drug-likeness (QED) is 0.886. The van der Waals surface area contributed by atoms with Crippen LogP contribution in [-0.4, -0.2) is 54.8 Å². The van der Waals surface area contributed by atoms with Crippen LogP contribution in [0.1, 0.15) is 15.9 Å². The smallest absolute Gasteiger partial charge is 0.257 e. The van der Waals surface area contributed by atoms with Gasteiger partial charge in [-0.3, -0.25) is 4.79 Å². The van der Waals surface area contributed by atoms with Crippen LogP contribution >= 0.6 is 0 Å². The number of nitrogens with zero attached hydrogens (tertiary/aromatic N) is 2. The first-order valence-electron chi connectivity index (χ1n) is 8.13. The molecule has 0 aromatic heterocycles. The molecule has 6 nitrogen and oxygen atoms in total. The maximum absolute atomic E-state index is 13.3. The second-order valence-corrected chi connectivity index (χ2v) is 8.11. The van der Waals surface area contributed by atoms with Crippen LogP contribution in [0.25, 0.3) is 0 Å². The van der Waals surface area contributed by atoms with Crippen molar-refractivity contribution in [1.29, 1.82) is 0 Å². The number of hydrogen-bond donors (Lipinski definition) is 1. The number of carbonyl (C=O) groups excluding carboxylic acids is 1.